The summed E-state index contributed by atoms with van der Waals surface area (Å²) in [4.78, 5) is 0. The minimum Gasteiger partial charge on any atom is -0.759 e. The first-order valence-corrected chi connectivity index (χ1v) is 3.56. The van der Waals surface area contributed by atoms with Gasteiger partial charge in [-0.25, -0.2) is 0 Å². The molecule has 0 rings (SSSR count). The molecule has 8 heavy (non-hydrogen) atoms. The van der Waals surface area contributed by atoms with Crippen LogP contribution in [-0.2, 0) is 11.3 Å². The normalized spacial score (nSPS) is 13.9. The summed E-state index contributed by atoms with van der Waals surface area (Å²) in [5.74, 6) is 0. The standard InChI is InChI=1S/C3H6BrNO2S/c1-2-3-5(4)8(6)7/h2H,1,3H2,(H,6,7)/p-1. The third kappa shape index (κ3) is 3.31. The smallest absolute Gasteiger partial charge is 0.0397 e. The molecule has 1 unspecified atom stereocenters. The summed E-state index contributed by atoms with van der Waals surface area (Å²) in [6, 6.07) is 0. The lowest BCUT2D eigenvalue weighted by Crippen LogP contribution is -2.13. The quantitative estimate of drug-likeness (QED) is 0.379. The minimum absolute atomic E-state index is 0.288. The van der Waals surface area contributed by atoms with E-state index in [1.807, 2.05) is 0 Å². The second-order valence-electron chi connectivity index (χ2n) is 1.01. The van der Waals surface area contributed by atoms with Crippen LogP contribution in [0.3, 0.4) is 0 Å². The van der Waals surface area contributed by atoms with Crippen LogP contribution >= 0.6 is 16.1 Å². The van der Waals surface area contributed by atoms with Crippen molar-refractivity contribution in [1.29, 1.82) is 0 Å². The Bertz CT molecular complexity index is 107. The first-order chi connectivity index (χ1) is 3.68. The molecule has 0 saturated carbocycles. The molecule has 0 aromatic carbocycles. The van der Waals surface area contributed by atoms with Crippen molar-refractivity contribution in [1.82, 2.24) is 3.33 Å². The van der Waals surface area contributed by atoms with Crippen LogP contribution in [0.5, 0.6) is 0 Å². The largest absolute Gasteiger partial charge is 0.759 e. The Kier molecular flexibility index (Phi) is 4.35. The summed E-state index contributed by atoms with van der Waals surface area (Å²) < 4.78 is 20.8. The van der Waals surface area contributed by atoms with Crippen molar-refractivity contribution in [3.05, 3.63) is 12.7 Å². The maximum atomic E-state index is 9.92. The second kappa shape index (κ2) is 4.20. The van der Waals surface area contributed by atoms with Crippen LogP contribution in [0.15, 0.2) is 12.7 Å². The zero-order valence-corrected chi connectivity index (χ0v) is 6.44. The fourth-order valence-electron chi connectivity index (χ4n) is 0.162. The average Bonchev–Trinajstić information content (AvgIpc) is 1.67. The molecule has 0 aliphatic rings. The summed E-state index contributed by atoms with van der Waals surface area (Å²) in [5.41, 5.74) is 0. The van der Waals surface area contributed by atoms with Crippen LogP contribution in [-0.4, -0.2) is 18.6 Å². The molecule has 1 atom stereocenters. The number of hydrogen-bond donors (Lipinski definition) is 0. The Balaban J connectivity index is 3.46. The van der Waals surface area contributed by atoms with Crippen LogP contribution in [0.25, 0.3) is 0 Å². The predicted octanol–water partition coefficient (Wildman–Crippen LogP) is 0.578. The molecule has 0 spiro atoms. The third-order valence-corrected chi connectivity index (χ3v) is 1.91. The molecule has 0 fully saturated rings. The van der Waals surface area contributed by atoms with Gasteiger partial charge in [-0.1, -0.05) is 6.08 Å². The molecule has 0 bridgehead atoms. The van der Waals surface area contributed by atoms with Crippen molar-refractivity contribution in [2.75, 3.05) is 6.54 Å². The lowest BCUT2D eigenvalue weighted by Gasteiger charge is -2.12. The second-order valence-corrected chi connectivity index (χ2v) is 3.21. The Morgan fingerprint density at radius 2 is 2.50 bits per heavy atom. The van der Waals surface area contributed by atoms with Gasteiger partial charge in [0.05, 0.1) is 0 Å². The molecule has 0 saturated heterocycles. The summed E-state index contributed by atoms with van der Waals surface area (Å²) in [6.07, 6.45) is 1.48. The highest BCUT2D eigenvalue weighted by molar-refractivity contribution is 9.08. The first kappa shape index (κ1) is 8.29. The van der Waals surface area contributed by atoms with Gasteiger partial charge in [-0.3, -0.25) is 4.21 Å². The topological polar surface area (TPSA) is 43.4 Å². The van der Waals surface area contributed by atoms with Gasteiger partial charge in [-0.15, -0.1) is 6.58 Å². The molecule has 0 heterocycles. The van der Waals surface area contributed by atoms with Crippen molar-refractivity contribution in [2.45, 2.75) is 0 Å². The Labute approximate surface area is 59.1 Å². The van der Waals surface area contributed by atoms with Crippen LogP contribution in [0.4, 0.5) is 0 Å². The highest BCUT2D eigenvalue weighted by Crippen LogP contribution is 1.98. The molecule has 0 radical (unpaired) electrons. The van der Waals surface area contributed by atoms with Crippen LogP contribution in [0.2, 0.25) is 0 Å². The molecule has 3 nitrogen and oxygen atoms in total. The summed E-state index contributed by atoms with van der Waals surface area (Å²) in [5, 5.41) is 0. The molecule has 0 aliphatic carbocycles. The minimum atomic E-state index is -2.18. The van der Waals surface area contributed by atoms with E-state index in [4.69, 9.17) is 0 Å². The van der Waals surface area contributed by atoms with Crippen LogP contribution in [0, 0.1) is 0 Å². The predicted molar refractivity (Wildman–Crippen MR) is 34.7 cm³/mol. The van der Waals surface area contributed by atoms with E-state index in [1.165, 1.54) is 6.08 Å². The van der Waals surface area contributed by atoms with E-state index in [0.29, 0.717) is 0 Å². The molecule has 0 aromatic rings. The lowest BCUT2D eigenvalue weighted by molar-refractivity contribution is 0.502. The van der Waals surface area contributed by atoms with Gasteiger partial charge in [0.2, 0.25) is 0 Å². The van der Waals surface area contributed by atoms with Crippen molar-refractivity contribution in [3.63, 3.8) is 0 Å². The molecule has 0 amide bonds. The fourth-order valence-corrected chi connectivity index (χ4v) is 0.594. The fraction of sp³-hybridized carbons (Fsp3) is 0.333. The molecular weight excluding hydrogens is 194 g/mol. The molecule has 48 valence electrons. The lowest BCUT2D eigenvalue weighted by atomic mass is 10.7. The summed E-state index contributed by atoms with van der Waals surface area (Å²) in [7, 11) is 0. The van der Waals surface area contributed by atoms with E-state index < -0.39 is 11.3 Å². The highest BCUT2D eigenvalue weighted by Gasteiger charge is 1.92. The molecule has 0 aliphatic heterocycles. The highest BCUT2D eigenvalue weighted by atomic mass is 79.9. The molecule has 0 aromatic heterocycles. The Morgan fingerprint density at radius 3 is 2.62 bits per heavy atom. The zero-order valence-electron chi connectivity index (χ0n) is 4.04. The van der Waals surface area contributed by atoms with Gasteiger partial charge >= 0.3 is 0 Å². The number of nitrogens with zero attached hydrogens (tertiary/aromatic N) is 1. The van der Waals surface area contributed by atoms with Gasteiger partial charge in [0.1, 0.15) is 0 Å². The third-order valence-electron chi connectivity index (χ3n) is 0.434. The van der Waals surface area contributed by atoms with E-state index in [-0.39, 0.29) is 6.54 Å². The molecule has 5 heteroatoms. The van der Waals surface area contributed by atoms with Crippen LogP contribution < -0.4 is 0 Å². The van der Waals surface area contributed by atoms with Crippen molar-refractivity contribution in [2.24, 2.45) is 0 Å². The number of rotatable bonds is 3. The SMILES string of the molecule is C=CCN(Br)S(=O)[O-]. The van der Waals surface area contributed by atoms with Crippen molar-refractivity contribution >= 4 is 27.4 Å². The van der Waals surface area contributed by atoms with E-state index in [1.54, 1.807) is 0 Å². The molecular formula is C3H5BrNO2S-. The summed E-state index contributed by atoms with van der Waals surface area (Å²) in [6.45, 7) is 3.63. The zero-order chi connectivity index (χ0) is 6.57. The van der Waals surface area contributed by atoms with Crippen LogP contribution in [0.1, 0.15) is 0 Å². The van der Waals surface area contributed by atoms with Gasteiger partial charge in [0, 0.05) is 34.0 Å². The van der Waals surface area contributed by atoms with E-state index in [2.05, 4.69) is 22.7 Å². The number of halogens is 1. The van der Waals surface area contributed by atoms with Gasteiger partial charge in [-0.2, -0.15) is 3.33 Å². The van der Waals surface area contributed by atoms with Gasteiger partial charge in [-0.05, 0) is 0 Å². The van der Waals surface area contributed by atoms with Crippen molar-refractivity contribution in [3.8, 4) is 0 Å². The summed E-state index contributed by atoms with van der Waals surface area (Å²) >= 11 is 0.570. The Morgan fingerprint density at radius 1 is 2.00 bits per heavy atom. The maximum Gasteiger partial charge on any atom is 0.0397 e. The average molecular weight is 199 g/mol. The monoisotopic (exact) mass is 198 g/mol. The van der Waals surface area contributed by atoms with E-state index in [9.17, 15) is 8.76 Å². The van der Waals surface area contributed by atoms with E-state index in [0.717, 1.165) is 3.33 Å². The number of hydrogen-bond acceptors (Lipinski definition) is 2. The molecule has 0 N–H and O–H groups in total. The first-order valence-electron chi connectivity index (χ1n) is 1.82. The van der Waals surface area contributed by atoms with Gasteiger partial charge in [0.15, 0.2) is 0 Å². The van der Waals surface area contributed by atoms with Crippen molar-refractivity contribution < 1.29 is 8.76 Å². The van der Waals surface area contributed by atoms with Gasteiger partial charge < -0.3 is 4.55 Å². The Hall–Kier alpha value is 0.290. The van der Waals surface area contributed by atoms with E-state index >= 15 is 0 Å². The maximum absolute atomic E-state index is 9.92. The van der Waals surface area contributed by atoms with Gasteiger partial charge in [0.25, 0.3) is 0 Å².